The zero-order valence-corrected chi connectivity index (χ0v) is 4.52. The maximum atomic E-state index is 11.3. The Labute approximate surface area is 43.2 Å². The summed E-state index contributed by atoms with van der Waals surface area (Å²) in [5, 5.41) is 8.62. The Morgan fingerprint density at radius 1 is 1.71 bits per heavy atom. The van der Waals surface area contributed by atoms with Gasteiger partial charge < -0.3 is 5.11 Å². The zero-order chi connectivity index (χ0) is 5.70. The van der Waals surface area contributed by atoms with Gasteiger partial charge in [0.1, 0.15) is 0 Å². The quantitative estimate of drug-likeness (QED) is 0.571. The van der Waals surface area contributed by atoms with Crippen molar-refractivity contribution in [2.75, 3.05) is 6.67 Å². The molecule has 0 aromatic heterocycles. The van der Waals surface area contributed by atoms with Crippen molar-refractivity contribution in [3.05, 3.63) is 0 Å². The zero-order valence-electron chi connectivity index (χ0n) is 4.52. The van der Waals surface area contributed by atoms with Crippen LogP contribution >= 0.6 is 0 Å². The summed E-state index contributed by atoms with van der Waals surface area (Å²) in [6.45, 7) is 1.43. The third kappa shape index (κ3) is 3.73. The van der Waals surface area contributed by atoms with Crippen LogP contribution in [-0.4, -0.2) is 17.9 Å². The van der Waals surface area contributed by atoms with Crippen molar-refractivity contribution in [3.63, 3.8) is 0 Å². The average molecular weight is 106 g/mol. The molecule has 0 amide bonds. The van der Waals surface area contributed by atoms with Gasteiger partial charge in [-0.2, -0.15) is 0 Å². The minimum absolute atomic E-state index is 0.288. The second kappa shape index (κ2) is 4.06. The van der Waals surface area contributed by atoms with E-state index in [2.05, 4.69) is 0 Å². The lowest BCUT2D eigenvalue weighted by molar-refractivity contribution is 0.149. The van der Waals surface area contributed by atoms with Gasteiger partial charge in [0.25, 0.3) is 0 Å². The van der Waals surface area contributed by atoms with Crippen molar-refractivity contribution in [2.24, 2.45) is 0 Å². The third-order valence-corrected chi connectivity index (χ3v) is 0.914. The van der Waals surface area contributed by atoms with Crippen LogP contribution in [0.1, 0.15) is 19.8 Å². The predicted octanol–water partition coefficient (Wildman–Crippen LogP) is 1.12. The highest BCUT2D eigenvalue weighted by atomic mass is 19.1. The number of hydrogen-bond donors (Lipinski definition) is 1. The second-order valence-electron chi connectivity index (χ2n) is 1.54. The van der Waals surface area contributed by atoms with Crippen molar-refractivity contribution >= 4 is 0 Å². The lowest BCUT2D eigenvalue weighted by atomic mass is 10.2. The average Bonchev–Trinajstić information content (AvgIpc) is 1.68. The van der Waals surface area contributed by atoms with Crippen molar-refractivity contribution in [1.82, 2.24) is 0 Å². The molecule has 0 saturated heterocycles. The van der Waals surface area contributed by atoms with Crippen molar-refractivity contribution < 1.29 is 9.50 Å². The molecule has 0 saturated carbocycles. The number of hydrogen-bond acceptors (Lipinski definition) is 1. The van der Waals surface area contributed by atoms with Crippen molar-refractivity contribution in [2.45, 2.75) is 25.9 Å². The monoisotopic (exact) mass is 106 g/mol. The highest BCUT2D eigenvalue weighted by Crippen LogP contribution is 1.94. The molecule has 0 fully saturated rings. The van der Waals surface area contributed by atoms with Crippen LogP contribution in [0.25, 0.3) is 0 Å². The minimum Gasteiger partial charge on any atom is -0.393 e. The molecule has 0 aliphatic heterocycles. The molecule has 7 heavy (non-hydrogen) atoms. The van der Waals surface area contributed by atoms with Crippen LogP contribution in [0, 0.1) is 0 Å². The lowest BCUT2D eigenvalue weighted by Gasteiger charge is -2.00. The first kappa shape index (κ1) is 6.89. The normalized spacial score (nSPS) is 14.1. The Morgan fingerprint density at radius 2 is 2.29 bits per heavy atom. The largest absolute Gasteiger partial charge is 0.393 e. The number of rotatable bonds is 3. The van der Waals surface area contributed by atoms with E-state index in [1.54, 1.807) is 0 Å². The van der Waals surface area contributed by atoms with Gasteiger partial charge in [-0.15, -0.1) is 0 Å². The molecule has 1 N–H and O–H groups in total. The van der Waals surface area contributed by atoms with E-state index in [0.717, 1.165) is 0 Å². The molecule has 0 rings (SSSR count). The molecule has 0 spiro atoms. The second-order valence-corrected chi connectivity index (χ2v) is 1.54. The summed E-state index contributed by atoms with van der Waals surface area (Å²) >= 11 is 0. The van der Waals surface area contributed by atoms with Gasteiger partial charge in [-0.1, -0.05) is 6.92 Å². The molecule has 0 aliphatic rings. The van der Waals surface area contributed by atoms with E-state index >= 15 is 0 Å². The number of alkyl halides is 1. The SMILES string of the molecule is CCC(O)CCF. The fraction of sp³-hybridized carbons (Fsp3) is 1.00. The highest BCUT2D eigenvalue weighted by molar-refractivity contribution is 4.48. The maximum Gasteiger partial charge on any atom is 0.0919 e. The number of aliphatic hydroxyl groups is 1. The van der Waals surface area contributed by atoms with Gasteiger partial charge in [0.05, 0.1) is 12.8 Å². The van der Waals surface area contributed by atoms with Crippen molar-refractivity contribution in [3.8, 4) is 0 Å². The smallest absolute Gasteiger partial charge is 0.0919 e. The molecule has 44 valence electrons. The van der Waals surface area contributed by atoms with E-state index in [1.165, 1.54) is 0 Å². The summed E-state index contributed by atoms with van der Waals surface area (Å²) in [5.41, 5.74) is 0. The number of halogens is 1. The number of aliphatic hydroxyl groups excluding tert-OH is 1. The summed E-state index contributed by atoms with van der Waals surface area (Å²) in [4.78, 5) is 0. The molecule has 2 heteroatoms. The summed E-state index contributed by atoms with van der Waals surface area (Å²) in [6, 6.07) is 0. The molecule has 1 unspecified atom stereocenters. The Balaban J connectivity index is 2.83. The van der Waals surface area contributed by atoms with Crippen LogP contribution in [-0.2, 0) is 0 Å². The first-order chi connectivity index (χ1) is 3.31. The third-order valence-electron chi connectivity index (χ3n) is 0.914. The fourth-order valence-corrected chi connectivity index (χ4v) is 0.330. The molecule has 1 atom stereocenters. The van der Waals surface area contributed by atoms with Gasteiger partial charge in [-0.25, -0.2) is 0 Å². The Hall–Kier alpha value is -0.110. The fourth-order valence-electron chi connectivity index (χ4n) is 0.330. The van der Waals surface area contributed by atoms with Crippen LogP contribution in [0.5, 0.6) is 0 Å². The summed E-state index contributed by atoms with van der Waals surface area (Å²) in [7, 11) is 0. The van der Waals surface area contributed by atoms with Gasteiger partial charge in [-0.3, -0.25) is 4.39 Å². The summed E-state index contributed by atoms with van der Waals surface area (Å²) in [5.74, 6) is 0. The predicted molar refractivity (Wildman–Crippen MR) is 26.9 cm³/mol. The van der Waals surface area contributed by atoms with Crippen molar-refractivity contribution in [1.29, 1.82) is 0 Å². The first-order valence-electron chi connectivity index (χ1n) is 2.55. The van der Waals surface area contributed by atoms with Gasteiger partial charge in [0.15, 0.2) is 0 Å². The first-order valence-corrected chi connectivity index (χ1v) is 2.55. The van der Waals surface area contributed by atoms with Gasteiger partial charge in [0.2, 0.25) is 0 Å². The molecule has 1 nitrogen and oxygen atoms in total. The molecule has 0 aromatic rings. The molecule has 0 bridgehead atoms. The Morgan fingerprint density at radius 3 is 2.43 bits per heavy atom. The van der Waals surface area contributed by atoms with Gasteiger partial charge in [0, 0.05) is 6.42 Å². The Bertz CT molecular complexity index is 39.1. The van der Waals surface area contributed by atoms with Crippen LogP contribution < -0.4 is 0 Å². The summed E-state index contributed by atoms with van der Waals surface area (Å²) in [6.07, 6.45) is 0.519. The van der Waals surface area contributed by atoms with E-state index in [4.69, 9.17) is 5.11 Å². The van der Waals surface area contributed by atoms with Gasteiger partial charge >= 0.3 is 0 Å². The Kier molecular flexibility index (Phi) is 4.00. The van der Waals surface area contributed by atoms with Crippen LogP contribution in [0.3, 0.4) is 0 Å². The topological polar surface area (TPSA) is 20.2 Å². The molecule has 0 heterocycles. The van der Waals surface area contributed by atoms with E-state index in [-0.39, 0.29) is 6.42 Å². The molecule has 0 radical (unpaired) electrons. The van der Waals surface area contributed by atoms with E-state index in [0.29, 0.717) is 6.42 Å². The van der Waals surface area contributed by atoms with Crippen LogP contribution in [0.15, 0.2) is 0 Å². The minimum atomic E-state index is -0.426. The highest BCUT2D eigenvalue weighted by Gasteiger charge is 1.96. The maximum absolute atomic E-state index is 11.3. The standard InChI is InChI=1S/C5H11FO/c1-2-5(7)3-4-6/h5,7H,2-4H2,1H3. The summed E-state index contributed by atoms with van der Waals surface area (Å²) < 4.78 is 11.3. The van der Waals surface area contributed by atoms with Gasteiger partial charge in [-0.05, 0) is 6.42 Å². The van der Waals surface area contributed by atoms with E-state index in [9.17, 15) is 4.39 Å². The molecule has 0 aliphatic carbocycles. The van der Waals surface area contributed by atoms with E-state index < -0.39 is 12.8 Å². The molecule has 0 aromatic carbocycles. The molecular weight excluding hydrogens is 95.1 g/mol. The van der Waals surface area contributed by atoms with Crippen LogP contribution in [0.2, 0.25) is 0 Å². The molecular formula is C5H11FO. The van der Waals surface area contributed by atoms with E-state index in [1.807, 2.05) is 6.92 Å². The van der Waals surface area contributed by atoms with Crippen LogP contribution in [0.4, 0.5) is 4.39 Å². The lowest BCUT2D eigenvalue weighted by Crippen LogP contribution is -2.03.